The molecule has 116 valence electrons. The van der Waals surface area contributed by atoms with Crippen LogP contribution >= 0.6 is 0 Å². The van der Waals surface area contributed by atoms with E-state index in [1.165, 1.54) is 5.56 Å². The average molecular weight is 299 g/mol. The minimum atomic E-state index is -0.157. The number of carbonyl (C=O) groups is 1. The molecule has 5 nitrogen and oxygen atoms in total. The summed E-state index contributed by atoms with van der Waals surface area (Å²) < 4.78 is 5.17. The number of nitrogens with zero attached hydrogens (tertiary/aromatic N) is 3. The van der Waals surface area contributed by atoms with Crippen LogP contribution in [0.4, 0.5) is 0 Å². The van der Waals surface area contributed by atoms with Crippen molar-refractivity contribution in [1.29, 1.82) is 0 Å². The number of hydrogen-bond donors (Lipinski definition) is 0. The van der Waals surface area contributed by atoms with Crippen molar-refractivity contribution >= 4 is 5.91 Å². The molecule has 1 aromatic heterocycles. The van der Waals surface area contributed by atoms with Gasteiger partial charge >= 0.3 is 11.8 Å². The summed E-state index contributed by atoms with van der Waals surface area (Å²) in [5.74, 6) is 1.08. The molecule has 1 aliphatic heterocycles. The maximum Gasteiger partial charge on any atom is 0.316 e. The Bertz CT molecular complexity index is 640. The van der Waals surface area contributed by atoms with Crippen LogP contribution in [-0.4, -0.2) is 34.0 Å². The fourth-order valence-corrected chi connectivity index (χ4v) is 2.66. The molecule has 0 unspecified atom stereocenters. The molecule has 1 amide bonds. The van der Waals surface area contributed by atoms with E-state index in [4.69, 9.17) is 4.52 Å². The van der Waals surface area contributed by atoms with E-state index in [9.17, 15) is 4.79 Å². The molecule has 2 aromatic rings. The van der Waals surface area contributed by atoms with Crippen molar-refractivity contribution in [1.82, 2.24) is 15.0 Å². The number of rotatable bonds is 3. The molecule has 3 rings (SSSR count). The molecule has 1 saturated heterocycles. The van der Waals surface area contributed by atoms with Gasteiger partial charge in [0.05, 0.1) is 0 Å². The molecule has 0 spiro atoms. The van der Waals surface area contributed by atoms with Gasteiger partial charge in [-0.2, -0.15) is 4.98 Å². The van der Waals surface area contributed by atoms with Gasteiger partial charge in [-0.05, 0) is 30.7 Å². The third-order valence-electron chi connectivity index (χ3n) is 4.30. The molecule has 0 bridgehead atoms. The van der Waals surface area contributed by atoms with Crippen LogP contribution < -0.4 is 0 Å². The Labute approximate surface area is 130 Å². The highest BCUT2D eigenvalue weighted by Crippen LogP contribution is 2.20. The summed E-state index contributed by atoms with van der Waals surface area (Å²) in [6.07, 6.45) is 3.06. The first kappa shape index (κ1) is 14.8. The summed E-state index contributed by atoms with van der Waals surface area (Å²) in [5, 5.41) is 3.94. The summed E-state index contributed by atoms with van der Waals surface area (Å²) in [6, 6.07) is 8.00. The maximum atomic E-state index is 12.4. The number of carbonyl (C=O) groups excluding carboxylic acids is 1. The standard InChI is InChI=1S/C17H21N3O2/c1-3-13-4-6-14(7-5-13)15-18-16(22-19-15)17(21)20-10-8-12(2)9-11-20/h4-7,12H,3,8-11H2,1-2H3. The van der Waals surface area contributed by atoms with Crippen LogP contribution in [0.1, 0.15) is 42.9 Å². The molecule has 0 aliphatic carbocycles. The Morgan fingerprint density at radius 3 is 2.59 bits per heavy atom. The topological polar surface area (TPSA) is 59.2 Å². The number of benzene rings is 1. The smallest absolute Gasteiger partial charge is 0.316 e. The van der Waals surface area contributed by atoms with Gasteiger partial charge in [-0.15, -0.1) is 0 Å². The van der Waals surface area contributed by atoms with Crippen molar-refractivity contribution in [2.45, 2.75) is 33.1 Å². The van der Waals surface area contributed by atoms with Crippen molar-refractivity contribution in [2.75, 3.05) is 13.1 Å². The zero-order valence-electron chi connectivity index (χ0n) is 13.1. The van der Waals surface area contributed by atoms with Gasteiger partial charge in [0.1, 0.15) is 0 Å². The zero-order chi connectivity index (χ0) is 15.5. The maximum absolute atomic E-state index is 12.4. The van der Waals surface area contributed by atoms with Crippen LogP contribution in [0, 0.1) is 5.92 Å². The van der Waals surface area contributed by atoms with Gasteiger partial charge in [0.2, 0.25) is 5.82 Å². The molecule has 1 fully saturated rings. The predicted octanol–water partition coefficient (Wildman–Crippen LogP) is 3.17. The minimum Gasteiger partial charge on any atom is -0.334 e. The second kappa shape index (κ2) is 6.30. The molecule has 2 heterocycles. The molecular weight excluding hydrogens is 278 g/mol. The summed E-state index contributed by atoms with van der Waals surface area (Å²) in [7, 11) is 0. The van der Waals surface area contributed by atoms with Crippen molar-refractivity contribution < 1.29 is 9.32 Å². The van der Waals surface area contributed by atoms with Crippen molar-refractivity contribution in [2.24, 2.45) is 5.92 Å². The fourth-order valence-electron chi connectivity index (χ4n) is 2.66. The Morgan fingerprint density at radius 2 is 1.95 bits per heavy atom. The van der Waals surface area contributed by atoms with Crippen LogP contribution in [0.25, 0.3) is 11.4 Å². The lowest BCUT2D eigenvalue weighted by atomic mass is 9.99. The van der Waals surface area contributed by atoms with E-state index in [1.807, 2.05) is 24.3 Å². The molecular formula is C17H21N3O2. The first-order chi connectivity index (χ1) is 10.7. The number of amides is 1. The normalized spacial score (nSPS) is 16.0. The third-order valence-corrected chi connectivity index (χ3v) is 4.30. The molecule has 5 heteroatoms. The highest BCUT2D eigenvalue weighted by atomic mass is 16.5. The monoisotopic (exact) mass is 299 g/mol. The second-order valence-electron chi connectivity index (χ2n) is 5.95. The number of aryl methyl sites for hydroxylation is 1. The Balaban J connectivity index is 1.73. The first-order valence-corrected chi connectivity index (χ1v) is 7.89. The highest BCUT2D eigenvalue weighted by Gasteiger charge is 2.25. The van der Waals surface area contributed by atoms with E-state index in [1.54, 1.807) is 4.90 Å². The quantitative estimate of drug-likeness (QED) is 0.873. The van der Waals surface area contributed by atoms with E-state index in [-0.39, 0.29) is 11.8 Å². The van der Waals surface area contributed by atoms with E-state index >= 15 is 0 Å². The Kier molecular flexibility index (Phi) is 4.22. The molecule has 0 atom stereocenters. The molecule has 0 N–H and O–H groups in total. The molecule has 1 aliphatic rings. The number of piperidine rings is 1. The minimum absolute atomic E-state index is 0.0871. The second-order valence-corrected chi connectivity index (χ2v) is 5.95. The van der Waals surface area contributed by atoms with Crippen molar-refractivity contribution in [3.63, 3.8) is 0 Å². The van der Waals surface area contributed by atoms with Crippen LogP contribution in [0.15, 0.2) is 28.8 Å². The Morgan fingerprint density at radius 1 is 1.27 bits per heavy atom. The van der Waals surface area contributed by atoms with Gasteiger partial charge in [-0.3, -0.25) is 4.79 Å². The lowest BCUT2D eigenvalue weighted by Gasteiger charge is -2.28. The van der Waals surface area contributed by atoms with Crippen LogP contribution in [0.3, 0.4) is 0 Å². The van der Waals surface area contributed by atoms with Gasteiger partial charge in [-0.1, -0.05) is 43.3 Å². The molecule has 1 aromatic carbocycles. The summed E-state index contributed by atoms with van der Waals surface area (Å²) in [4.78, 5) is 18.4. The lowest BCUT2D eigenvalue weighted by molar-refractivity contribution is 0.0647. The highest BCUT2D eigenvalue weighted by molar-refractivity contribution is 5.90. The third kappa shape index (κ3) is 3.03. The van der Waals surface area contributed by atoms with E-state index in [0.717, 1.165) is 37.9 Å². The number of likely N-dealkylation sites (tertiary alicyclic amines) is 1. The van der Waals surface area contributed by atoms with Crippen LogP contribution in [0.2, 0.25) is 0 Å². The van der Waals surface area contributed by atoms with E-state index in [2.05, 4.69) is 24.0 Å². The summed E-state index contributed by atoms with van der Waals surface area (Å²) in [6.45, 7) is 5.86. The molecule has 0 radical (unpaired) electrons. The van der Waals surface area contributed by atoms with Gasteiger partial charge in [0, 0.05) is 18.7 Å². The average Bonchev–Trinajstić information content (AvgIpc) is 3.05. The van der Waals surface area contributed by atoms with E-state index < -0.39 is 0 Å². The number of hydrogen-bond acceptors (Lipinski definition) is 4. The largest absolute Gasteiger partial charge is 0.334 e. The van der Waals surface area contributed by atoms with Crippen molar-refractivity contribution in [3.8, 4) is 11.4 Å². The lowest BCUT2D eigenvalue weighted by Crippen LogP contribution is -2.38. The fraction of sp³-hybridized carbons (Fsp3) is 0.471. The predicted molar refractivity (Wildman–Crippen MR) is 83.4 cm³/mol. The summed E-state index contributed by atoms with van der Waals surface area (Å²) in [5.41, 5.74) is 2.12. The van der Waals surface area contributed by atoms with Crippen LogP contribution in [0.5, 0.6) is 0 Å². The van der Waals surface area contributed by atoms with Gasteiger partial charge in [-0.25, -0.2) is 0 Å². The van der Waals surface area contributed by atoms with Crippen LogP contribution in [-0.2, 0) is 6.42 Å². The zero-order valence-corrected chi connectivity index (χ0v) is 13.1. The summed E-state index contributed by atoms with van der Waals surface area (Å²) >= 11 is 0. The number of aromatic nitrogens is 2. The van der Waals surface area contributed by atoms with Gasteiger partial charge < -0.3 is 9.42 Å². The van der Waals surface area contributed by atoms with Crippen molar-refractivity contribution in [3.05, 3.63) is 35.7 Å². The van der Waals surface area contributed by atoms with Gasteiger partial charge in [0.25, 0.3) is 0 Å². The Hall–Kier alpha value is -2.17. The first-order valence-electron chi connectivity index (χ1n) is 7.89. The van der Waals surface area contributed by atoms with Gasteiger partial charge in [0.15, 0.2) is 0 Å². The molecule has 22 heavy (non-hydrogen) atoms. The molecule has 0 saturated carbocycles. The SMILES string of the molecule is CCc1ccc(-c2noc(C(=O)N3CCC(C)CC3)n2)cc1. The van der Waals surface area contributed by atoms with E-state index in [0.29, 0.717) is 11.7 Å².